The number of carbonyl (C=O) groups is 1. The van der Waals surface area contributed by atoms with Gasteiger partial charge in [-0.25, -0.2) is 9.67 Å². The number of aromatic nitrogens is 3. The summed E-state index contributed by atoms with van der Waals surface area (Å²) >= 11 is 0. The normalized spacial score (nSPS) is 10.6. The van der Waals surface area contributed by atoms with E-state index in [-0.39, 0.29) is 11.3 Å². The second kappa shape index (κ2) is 5.77. The molecule has 1 N–H and O–H groups in total. The number of anilines is 1. The van der Waals surface area contributed by atoms with Crippen molar-refractivity contribution in [2.75, 3.05) is 5.32 Å². The van der Waals surface area contributed by atoms with Gasteiger partial charge >= 0.3 is 0 Å². The van der Waals surface area contributed by atoms with Crippen LogP contribution in [0.2, 0.25) is 0 Å². The van der Waals surface area contributed by atoms with Gasteiger partial charge in [-0.15, -0.1) is 0 Å². The fourth-order valence-electron chi connectivity index (χ4n) is 2.23. The Morgan fingerprint density at radius 1 is 1.14 bits per heavy atom. The number of pyridine rings is 1. The van der Waals surface area contributed by atoms with E-state index in [1.54, 1.807) is 48.7 Å². The van der Waals surface area contributed by atoms with E-state index < -0.39 is 5.91 Å². The number of nitrogens with zero attached hydrogens (tertiary/aromatic N) is 3. The third-order valence-corrected chi connectivity index (χ3v) is 3.29. The Morgan fingerprint density at radius 2 is 1.86 bits per heavy atom. The molecule has 0 aliphatic carbocycles. The number of hydrogen-bond donors (Lipinski definition) is 1. The molecule has 110 valence electrons. The van der Waals surface area contributed by atoms with Crippen LogP contribution in [0.1, 0.15) is 17.4 Å². The van der Waals surface area contributed by atoms with Crippen LogP contribution in [-0.4, -0.2) is 20.7 Å². The minimum Gasteiger partial charge on any atom is -0.305 e. The van der Waals surface area contributed by atoms with Crippen LogP contribution in [0.3, 0.4) is 0 Å². The molecule has 0 saturated carbocycles. The molecule has 0 aliphatic heterocycles. The van der Waals surface area contributed by atoms with Crippen molar-refractivity contribution in [3.8, 4) is 0 Å². The van der Waals surface area contributed by atoms with Crippen LogP contribution in [-0.2, 0) is 6.54 Å². The second-order valence-corrected chi connectivity index (χ2v) is 4.68. The van der Waals surface area contributed by atoms with Gasteiger partial charge in [0.15, 0.2) is 5.69 Å². The summed E-state index contributed by atoms with van der Waals surface area (Å²) in [5, 5.41) is 7.88. The van der Waals surface area contributed by atoms with Crippen LogP contribution in [0.15, 0.2) is 53.5 Å². The van der Waals surface area contributed by atoms with E-state index in [9.17, 15) is 9.59 Å². The summed E-state index contributed by atoms with van der Waals surface area (Å²) in [6.07, 6.45) is 1.59. The van der Waals surface area contributed by atoms with Gasteiger partial charge in [0.1, 0.15) is 5.82 Å². The van der Waals surface area contributed by atoms with E-state index in [1.807, 2.05) is 6.92 Å². The first-order chi connectivity index (χ1) is 10.7. The van der Waals surface area contributed by atoms with Gasteiger partial charge in [0.05, 0.1) is 5.39 Å². The van der Waals surface area contributed by atoms with Crippen molar-refractivity contribution in [2.24, 2.45) is 0 Å². The average Bonchev–Trinajstić information content (AvgIpc) is 2.56. The van der Waals surface area contributed by atoms with Crippen LogP contribution in [0.5, 0.6) is 0 Å². The highest BCUT2D eigenvalue weighted by Gasteiger charge is 2.16. The lowest BCUT2D eigenvalue weighted by molar-refractivity contribution is 0.102. The standard InChI is InChI=1S/C16H14N4O2/c1-2-20-16(22)12-8-4-3-7-11(12)14(19-20)15(21)18-13-9-5-6-10-17-13/h3-10H,2H2,1H3,(H,17,18,21). The Morgan fingerprint density at radius 3 is 2.55 bits per heavy atom. The molecular weight excluding hydrogens is 280 g/mol. The zero-order chi connectivity index (χ0) is 15.5. The van der Waals surface area contributed by atoms with Gasteiger partial charge in [-0.2, -0.15) is 5.10 Å². The van der Waals surface area contributed by atoms with Crippen molar-refractivity contribution >= 4 is 22.5 Å². The maximum absolute atomic E-state index is 12.5. The molecule has 0 saturated heterocycles. The monoisotopic (exact) mass is 294 g/mol. The third kappa shape index (κ3) is 2.46. The smallest absolute Gasteiger partial charge is 0.277 e. The zero-order valence-electron chi connectivity index (χ0n) is 12.0. The fraction of sp³-hybridized carbons (Fsp3) is 0.125. The predicted molar refractivity (Wildman–Crippen MR) is 83.9 cm³/mol. The quantitative estimate of drug-likeness (QED) is 0.802. The number of nitrogens with one attached hydrogen (secondary N) is 1. The van der Waals surface area contributed by atoms with E-state index in [1.165, 1.54) is 4.68 Å². The lowest BCUT2D eigenvalue weighted by Crippen LogP contribution is -2.27. The lowest BCUT2D eigenvalue weighted by Gasteiger charge is -2.09. The molecule has 0 radical (unpaired) electrons. The van der Waals surface area contributed by atoms with Crippen LogP contribution in [0, 0.1) is 0 Å². The van der Waals surface area contributed by atoms with Gasteiger partial charge in [0, 0.05) is 18.1 Å². The molecule has 6 nitrogen and oxygen atoms in total. The van der Waals surface area contributed by atoms with Crippen LogP contribution in [0.4, 0.5) is 5.82 Å². The Hall–Kier alpha value is -3.02. The van der Waals surface area contributed by atoms with Crippen molar-refractivity contribution in [3.63, 3.8) is 0 Å². The second-order valence-electron chi connectivity index (χ2n) is 4.68. The maximum Gasteiger partial charge on any atom is 0.277 e. The minimum atomic E-state index is -0.392. The predicted octanol–water partition coefficient (Wildman–Crippen LogP) is 2.06. The Bertz CT molecular complexity index is 888. The van der Waals surface area contributed by atoms with Gasteiger partial charge in [-0.1, -0.05) is 24.3 Å². The first-order valence-corrected chi connectivity index (χ1v) is 6.93. The first kappa shape index (κ1) is 13.9. The van der Waals surface area contributed by atoms with Gasteiger partial charge in [-0.05, 0) is 25.1 Å². The number of amides is 1. The first-order valence-electron chi connectivity index (χ1n) is 6.93. The summed E-state index contributed by atoms with van der Waals surface area (Å²) in [5.74, 6) is 0.0460. The van der Waals surface area contributed by atoms with E-state index in [2.05, 4.69) is 15.4 Å². The Kier molecular flexibility index (Phi) is 3.65. The van der Waals surface area contributed by atoms with E-state index in [4.69, 9.17) is 0 Å². The van der Waals surface area contributed by atoms with Gasteiger partial charge in [0.2, 0.25) is 0 Å². The summed E-state index contributed by atoms with van der Waals surface area (Å²) < 4.78 is 1.29. The molecule has 22 heavy (non-hydrogen) atoms. The molecule has 0 spiro atoms. The fourth-order valence-corrected chi connectivity index (χ4v) is 2.23. The highest BCUT2D eigenvalue weighted by atomic mass is 16.2. The SMILES string of the molecule is CCn1nc(C(=O)Nc2ccccn2)c2ccccc2c1=O. The molecule has 0 bridgehead atoms. The minimum absolute atomic E-state index is 0.201. The van der Waals surface area contributed by atoms with Gasteiger partial charge in [0.25, 0.3) is 11.5 Å². The number of aryl methyl sites for hydroxylation is 1. The Labute approximate surface area is 126 Å². The highest BCUT2D eigenvalue weighted by molar-refractivity contribution is 6.10. The lowest BCUT2D eigenvalue weighted by atomic mass is 10.1. The summed E-state index contributed by atoms with van der Waals surface area (Å²) in [6.45, 7) is 2.21. The molecule has 6 heteroatoms. The van der Waals surface area contributed by atoms with Crippen molar-refractivity contribution in [2.45, 2.75) is 13.5 Å². The summed E-state index contributed by atoms with van der Waals surface area (Å²) in [5.41, 5.74) is 0.00943. The molecular formula is C16H14N4O2. The molecule has 0 unspecified atom stereocenters. The molecule has 1 amide bonds. The number of rotatable bonds is 3. The topological polar surface area (TPSA) is 76.9 Å². The van der Waals surface area contributed by atoms with Crippen molar-refractivity contribution in [3.05, 3.63) is 64.7 Å². The number of benzene rings is 1. The summed E-state index contributed by atoms with van der Waals surface area (Å²) in [7, 11) is 0. The largest absolute Gasteiger partial charge is 0.305 e. The summed E-state index contributed by atoms with van der Waals surface area (Å²) in [4.78, 5) is 28.8. The van der Waals surface area contributed by atoms with Crippen molar-refractivity contribution in [1.82, 2.24) is 14.8 Å². The number of carbonyl (C=O) groups excluding carboxylic acids is 1. The van der Waals surface area contributed by atoms with Gasteiger partial charge < -0.3 is 5.32 Å². The molecule has 2 heterocycles. The third-order valence-electron chi connectivity index (χ3n) is 3.29. The number of hydrogen-bond acceptors (Lipinski definition) is 4. The van der Waals surface area contributed by atoms with E-state index in [0.29, 0.717) is 23.1 Å². The molecule has 0 atom stereocenters. The molecule has 0 fully saturated rings. The van der Waals surface area contributed by atoms with Crippen LogP contribution < -0.4 is 10.9 Å². The van der Waals surface area contributed by atoms with Gasteiger partial charge in [-0.3, -0.25) is 9.59 Å². The van der Waals surface area contributed by atoms with E-state index in [0.717, 1.165) is 0 Å². The maximum atomic E-state index is 12.5. The molecule has 3 aromatic rings. The zero-order valence-corrected chi connectivity index (χ0v) is 12.0. The highest BCUT2D eigenvalue weighted by Crippen LogP contribution is 2.14. The van der Waals surface area contributed by atoms with E-state index >= 15 is 0 Å². The Balaban J connectivity index is 2.12. The number of fused-ring (bicyclic) bond motifs is 1. The van der Waals surface area contributed by atoms with Crippen molar-refractivity contribution < 1.29 is 4.79 Å². The molecule has 1 aromatic carbocycles. The molecule has 0 aliphatic rings. The van der Waals surface area contributed by atoms with Crippen molar-refractivity contribution in [1.29, 1.82) is 0 Å². The van der Waals surface area contributed by atoms with Crippen LogP contribution >= 0.6 is 0 Å². The average molecular weight is 294 g/mol. The molecule has 2 aromatic heterocycles. The summed E-state index contributed by atoms with van der Waals surface area (Å²) in [6, 6.07) is 12.2. The van der Waals surface area contributed by atoms with Crippen LogP contribution in [0.25, 0.3) is 10.8 Å². The molecule has 3 rings (SSSR count).